The molecule has 8 heteroatoms. The van der Waals surface area contributed by atoms with Crippen molar-refractivity contribution in [3.05, 3.63) is 65.0 Å². The predicted molar refractivity (Wildman–Crippen MR) is 113 cm³/mol. The van der Waals surface area contributed by atoms with Gasteiger partial charge in [0, 0.05) is 31.5 Å². The summed E-state index contributed by atoms with van der Waals surface area (Å²) in [7, 11) is 3.21. The zero-order valence-corrected chi connectivity index (χ0v) is 17.4. The topological polar surface area (TPSA) is 76.8 Å². The van der Waals surface area contributed by atoms with Crippen LogP contribution in [0.4, 0.5) is 10.1 Å². The number of carbonyl (C=O) groups excluding carboxylic acids is 1. The van der Waals surface area contributed by atoms with Crippen LogP contribution in [0.25, 0.3) is 22.4 Å². The third kappa shape index (κ3) is 3.30. The van der Waals surface area contributed by atoms with Crippen LogP contribution in [0.5, 0.6) is 0 Å². The van der Waals surface area contributed by atoms with Crippen molar-refractivity contribution in [1.82, 2.24) is 24.7 Å². The maximum absolute atomic E-state index is 15.0. The smallest absolute Gasteiger partial charge is 0.276 e. The van der Waals surface area contributed by atoms with Gasteiger partial charge in [0.15, 0.2) is 5.82 Å². The Labute approximate surface area is 173 Å². The molecule has 4 rings (SSSR count). The molecular weight excluding hydrogens is 383 g/mol. The molecule has 0 aliphatic carbocycles. The summed E-state index contributed by atoms with van der Waals surface area (Å²) in [5, 5.41) is 4.00. The molecule has 0 fully saturated rings. The third-order valence-corrected chi connectivity index (χ3v) is 5.11. The molecule has 0 bridgehead atoms. The number of carbonyl (C=O) groups is 1. The molecule has 30 heavy (non-hydrogen) atoms. The van der Waals surface area contributed by atoms with Crippen molar-refractivity contribution in [3.63, 3.8) is 0 Å². The standard InChI is InChI=1S/C22H21FN6O/c1-12-9-19(28(4)22(30)18-6-7-25-29(18)5)16(23)10-15(12)21-24-11-17-20(27-21)13(2)8-14(3)26-17/h6-11H,1-5H3. The molecule has 0 radical (unpaired) electrons. The van der Waals surface area contributed by atoms with Crippen LogP contribution in [0, 0.1) is 26.6 Å². The minimum Gasteiger partial charge on any atom is -0.307 e. The molecule has 3 heterocycles. The van der Waals surface area contributed by atoms with Crippen molar-refractivity contribution >= 4 is 22.6 Å². The molecule has 0 unspecified atom stereocenters. The first kappa shape index (κ1) is 19.6. The summed E-state index contributed by atoms with van der Waals surface area (Å²) in [6.45, 7) is 5.72. The largest absolute Gasteiger partial charge is 0.307 e. The molecule has 0 aliphatic heterocycles. The lowest BCUT2D eigenvalue weighted by atomic mass is 10.1. The molecule has 0 saturated heterocycles. The molecule has 0 saturated carbocycles. The van der Waals surface area contributed by atoms with E-state index < -0.39 is 5.82 Å². The van der Waals surface area contributed by atoms with E-state index in [-0.39, 0.29) is 11.6 Å². The van der Waals surface area contributed by atoms with Gasteiger partial charge in [-0.15, -0.1) is 0 Å². The zero-order chi connectivity index (χ0) is 21.6. The number of rotatable bonds is 3. The van der Waals surface area contributed by atoms with Crippen LogP contribution in [0.2, 0.25) is 0 Å². The first-order valence-corrected chi connectivity index (χ1v) is 9.44. The summed E-state index contributed by atoms with van der Waals surface area (Å²) >= 11 is 0. The van der Waals surface area contributed by atoms with E-state index in [4.69, 9.17) is 0 Å². The Bertz CT molecular complexity index is 1300. The lowest BCUT2D eigenvalue weighted by Crippen LogP contribution is -2.29. The average Bonchev–Trinajstić information content (AvgIpc) is 3.14. The first-order valence-electron chi connectivity index (χ1n) is 9.44. The Morgan fingerprint density at radius 2 is 1.87 bits per heavy atom. The van der Waals surface area contributed by atoms with E-state index in [1.807, 2.05) is 26.8 Å². The molecule has 0 aliphatic rings. The van der Waals surface area contributed by atoms with Gasteiger partial charge < -0.3 is 4.90 Å². The molecule has 0 spiro atoms. The molecule has 152 valence electrons. The Kier molecular flexibility index (Phi) is 4.77. The van der Waals surface area contributed by atoms with E-state index in [0.29, 0.717) is 22.6 Å². The number of aryl methyl sites for hydroxylation is 4. The van der Waals surface area contributed by atoms with Crippen molar-refractivity contribution < 1.29 is 9.18 Å². The molecule has 3 aromatic heterocycles. The van der Waals surface area contributed by atoms with Crippen LogP contribution in [0.15, 0.2) is 36.7 Å². The molecule has 7 nitrogen and oxygen atoms in total. The van der Waals surface area contributed by atoms with E-state index in [1.54, 1.807) is 25.4 Å². The van der Waals surface area contributed by atoms with Crippen LogP contribution in [0.3, 0.4) is 0 Å². The van der Waals surface area contributed by atoms with E-state index in [9.17, 15) is 4.79 Å². The number of hydrogen-bond donors (Lipinski definition) is 0. The Hall–Kier alpha value is -3.68. The highest BCUT2D eigenvalue weighted by atomic mass is 19.1. The monoisotopic (exact) mass is 404 g/mol. The number of pyridine rings is 1. The van der Waals surface area contributed by atoms with Crippen LogP contribution in [0.1, 0.15) is 27.3 Å². The number of hydrogen-bond acceptors (Lipinski definition) is 5. The number of aromatic nitrogens is 5. The van der Waals surface area contributed by atoms with Crippen LogP contribution < -0.4 is 4.90 Å². The minimum atomic E-state index is -0.531. The number of amides is 1. The molecular formula is C22H21FN6O. The van der Waals surface area contributed by atoms with Crippen molar-refractivity contribution in [2.45, 2.75) is 20.8 Å². The maximum Gasteiger partial charge on any atom is 0.276 e. The number of anilines is 1. The van der Waals surface area contributed by atoms with Gasteiger partial charge in [-0.3, -0.25) is 9.48 Å². The lowest BCUT2D eigenvalue weighted by Gasteiger charge is -2.19. The lowest BCUT2D eigenvalue weighted by molar-refractivity contribution is 0.0983. The number of fused-ring (bicyclic) bond motifs is 1. The van der Waals surface area contributed by atoms with Crippen molar-refractivity contribution in [2.24, 2.45) is 7.05 Å². The number of benzene rings is 1. The summed E-state index contributed by atoms with van der Waals surface area (Å²) in [4.78, 5) is 27.5. The maximum atomic E-state index is 15.0. The quantitative estimate of drug-likeness (QED) is 0.520. The molecule has 0 atom stereocenters. The van der Waals surface area contributed by atoms with Gasteiger partial charge >= 0.3 is 0 Å². The predicted octanol–water partition coefficient (Wildman–Crippen LogP) is 3.77. The van der Waals surface area contributed by atoms with E-state index >= 15 is 4.39 Å². The van der Waals surface area contributed by atoms with Crippen molar-refractivity contribution in [2.75, 3.05) is 11.9 Å². The van der Waals surface area contributed by atoms with Gasteiger partial charge in [-0.25, -0.2) is 19.3 Å². The fraction of sp³-hybridized carbons (Fsp3) is 0.227. The minimum absolute atomic E-state index is 0.178. The highest BCUT2D eigenvalue weighted by Crippen LogP contribution is 2.30. The molecule has 0 N–H and O–H groups in total. The molecule has 1 aromatic carbocycles. The van der Waals surface area contributed by atoms with E-state index in [2.05, 4.69) is 20.1 Å². The summed E-state index contributed by atoms with van der Waals surface area (Å²) in [5.41, 5.74) is 5.19. The van der Waals surface area contributed by atoms with Gasteiger partial charge in [0.1, 0.15) is 17.0 Å². The van der Waals surface area contributed by atoms with Crippen LogP contribution in [-0.4, -0.2) is 37.7 Å². The van der Waals surface area contributed by atoms with Gasteiger partial charge in [-0.1, -0.05) is 0 Å². The van der Waals surface area contributed by atoms with E-state index in [0.717, 1.165) is 22.3 Å². The van der Waals surface area contributed by atoms with Gasteiger partial charge in [0.25, 0.3) is 5.91 Å². The van der Waals surface area contributed by atoms with Crippen molar-refractivity contribution in [1.29, 1.82) is 0 Å². The summed E-state index contributed by atoms with van der Waals surface area (Å²) in [6, 6.07) is 6.55. The molecule has 4 aromatic rings. The van der Waals surface area contributed by atoms with Crippen LogP contribution >= 0.6 is 0 Å². The fourth-order valence-electron chi connectivity index (χ4n) is 3.51. The number of nitrogens with zero attached hydrogens (tertiary/aromatic N) is 6. The van der Waals surface area contributed by atoms with Gasteiger partial charge in [-0.2, -0.15) is 5.10 Å². The second kappa shape index (κ2) is 7.29. The second-order valence-electron chi connectivity index (χ2n) is 7.33. The third-order valence-electron chi connectivity index (χ3n) is 5.11. The zero-order valence-electron chi connectivity index (χ0n) is 17.4. The Morgan fingerprint density at radius 3 is 2.57 bits per heavy atom. The van der Waals surface area contributed by atoms with Gasteiger partial charge in [-0.05, 0) is 56.2 Å². The summed E-state index contributed by atoms with van der Waals surface area (Å²) in [6.07, 6.45) is 3.18. The van der Waals surface area contributed by atoms with E-state index in [1.165, 1.54) is 28.9 Å². The molecule has 1 amide bonds. The summed E-state index contributed by atoms with van der Waals surface area (Å²) in [5.74, 6) is -0.462. The SMILES string of the molecule is Cc1cc(C)c2nc(-c3cc(F)c(N(C)C(=O)c4ccnn4C)cc3C)ncc2n1. The fourth-order valence-corrected chi connectivity index (χ4v) is 3.51. The van der Waals surface area contributed by atoms with Gasteiger partial charge in [0.05, 0.1) is 17.4 Å². The first-order chi connectivity index (χ1) is 14.3. The van der Waals surface area contributed by atoms with Gasteiger partial charge in [0.2, 0.25) is 0 Å². The van der Waals surface area contributed by atoms with Crippen LogP contribution in [-0.2, 0) is 7.05 Å². The van der Waals surface area contributed by atoms with Crippen molar-refractivity contribution in [3.8, 4) is 11.4 Å². The highest BCUT2D eigenvalue weighted by molar-refractivity contribution is 6.04. The Morgan fingerprint density at radius 1 is 1.10 bits per heavy atom. The summed E-state index contributed by atoms with van der Waals surface area (Å²) < 4.78 is 16.5. The normalized spacial score (nSPS) is 11.1. The highest BCUT2D eigenvalue weighted by Gasteiger charge is 2.21. The second-order valence-corrected chi connectivity index (χ2v) is 7.33. The Balaban J connectivity index is 1.75. The average molecular weight is 404 g/mol. The number of halogens is 1.